The SMILES string of the molecule is CC[C@H](C)c1ccccc1N1C[C@@H](C(=O)Nc2ccc(C(C)=O)cc2)CC1=O. The van der Waals surface area contributed by atoms with Gasteiger partial charge < -0.3 is 10.2 Å². The second-order valence-corrected chi connectivity index (χ2v) is 7.40. The first-order chi connectivity index (χ1) is 13.4. The first-order valence-electron chi connectivity index (χ1n) is 9.71. The van der Waals surface area contributed by atoms with Crippen LogP contribution in [-0.2, 0) is 9.59 Å². The van der Waals surface area contributed by atoms with Crippen LogP contribution in [0.4, 0.5) is 11.4 Å². The van der Waals surface area contributed by atoms with Gasteiger partial charge in [-0.2, -0.15) is 0 Å². The molecule has 0 radical (unpaired) electrons. The van der Waals surface area contributed by atoms with Gasteiger partial charge in [0.25, 0.3) is 0 Å². The smallest absolute Gasteiger partial charge is 0.229 e. The van der Waals surface area contributed by atoms with E-state index in [0.717, 1.165) is 17.7 Å². The van der Waals surface area contributed by atoms with E-state index in [4.69, 9.17) is 0 Å². The molecule has 1 N–H and O–H groups in total. The van der Waals surface area contributed by atoms with E-state index in [1.165, 1.54) is 6.92 Å². The van der Waals surface area contributed by atoms with Crippen molar-refractivity contribution >= 4 is 29.0 Å². The molecule has 1 fully saturated rings. The second kappa shape index (κ2) is 8.38. The predicted molar refractivity (Wildman–Crippen MR) is 111 cm³/mol. The molecule has 0 unspecified atom stereocenters. The molecule has 1 heterocycles. The number of hydrogen-bond donors (Lipinski definition) is 1. The minimum absolute atomic E-state index is 0.0186. The Kier molecular flexibility index (Phi) is 5.93. The molecule has 28 heavy (non-hydrogen) atoms. The summed E-state index contributed by atoms with van der Waals surface area (Å²) in [6, 6.07) is 14.7. The number of amides is 2. The molecule has 0 aliphatic carbocycles. The summed E-state index contributed by atoms with van der Waals surface area (Å²) < 4.78 is 0. The fraction of sp³-hybridized carbons (Fsp3) is 0.348. The van der Waals surface area contributed by atoms with E-state index in [1.807, 2.05) is 18.2 Å². The van der Waals surface area contributed by atoms with Gasteiger partial charge in [-0.15, -0.1) is 0 Å². The Morgan fingerprint density at radius 3 is 2.46 bits per heavy atom. The maximum atomic E-state index is 12.7. The molecule has 1 aliphatic heterocycles. The van der Waals surface area contributed by atoms with E-state index in [9.17, 15) is 14.4 Å². The van der Waals surface area contributed by atoms with Crippen molar-refractivity contribution in [3.63, 3.8) is 0 Å². The van der Waals surface area contributed by atoms with Crippen LogP contribution in [0.2, 0.25) is 0 Å². The van der Waals surface area contributed by atoms with Crippen LogP contribution in [0.25, 0.3) is 0 Å². The number of benzene rings is 2. The minimum Gasteiger partial charge on any atom is -0.326 e. The fourth-order valence-corrected chi connectivity index (χ4v) is 3.52. The Balaban J connectivity index is 1.72. The lowest BCUT2D eigenvalue weighted by atomic mass is 9.96. The summed E-state index contributed by atoms with van der Waals surface area (Å²) in [6.45, 7) is 6.16. The van der Waals surface area contributed by atoms with E-state index in [0.29, 0.717) is 23.7 Å². The predicted octanol–water partition coefficient (Wildman–Crippen LogP) is 4.39. The van der Waals surface area contributed by atoms with E-state index < -0.39 is 5.92 Å². The molecule has 0 aromatic heterocycles. The molecular formula is C23H26N2O3. The molecule has 0 bridgehead atoms. The number of para-hydroxylation sites is 1. The van der Waals surface area contributed by atoms with Crippen molar-refractivity contribution < 1.29 is 14.4 Å². The summed E-state index contributed by atoms with van der Waals surface area (Å²) in [5, 5.41) is 2.86. The number of rotatable bonds is 6. The molecule has 146 valence electrons. The highest BCUT2D eigenvalue weighted by atomic mass is 16.2. The van der Waals surface area contributed by atoms with Crippen molar-refractivity contribution in [1.82, 2.24) is 0 Å². The summed E-state index contributed by atoms with van der Waals surface area (Å²) >= 11 is 0. The van der Waals surface area contributed by atoms with Crippen molar-refractivity contribution in [2.24, 2.45) is 5.92 Å². The third kappa shape index (κ3) is 4.14. The highest BCUT2D eigenvalue weighted by Crippen LogP contribution is 2.33. The molecular weight excluding hydrogens is 352 g/mol. The topological polar surface area (TPSA) is 66.5 Å². The average Bonchev–Trinajstić information content (AvgIpc) is 3.09. The van der Waals surface area contributed by atoms with Crippen molar-refractivity contribution in [3.8, 4) is 0 Å². The molecule has 3 rings (SSSR count). The van der Waals surface area contributed by atoms with Crippen LogP contribution < -0.4 is 10.2 Å². The minimum atomic E-state index is -0.398. The van der Waals surface area contributed by atoms with Gasteiger partial charge in [-0.1, -0.05) is 32.0 Å². The number of nitrogens with zero attached hydrogens (tertiary/aromatic N) is 1. The lowest BCUT2D eigenvalue weighted by molar-refractivity contribution is -0.122. The first-order valence-corrected chi connectivity index (χ1v) is 9.71. The zero-order valence-electron chi connectivity index (χ0n) is 16.6. The molecule has 1 aliphatic rings. The Labute approximate surface area is 165 Å². The van der Waals surface area contributed by atoms with Crippen LogP contribution in [-0.4, -0.2) is 24.1 Å². The molecule has 0 saturated carbocycles. The fourth-order valence-electron chi connectivity index (χ4n) is 3.52. The number of carbonyl (C=O) groups is 3. The van der Waals surface area contributed by atoms with Gasteiger partial charge in [0.2, 0.25) is 11.8 Å². The van der Waals surface area contributed by atoms with Gasteiger partial charge in [-0.25, -0.2) is 0 Å². The number of Topliss-reactive ketones (excluding diaryl/α,β-unsaturated/α-hetero) is 1. The molecule has 0 spiro atoms. The van der Waals surface area contributed by atoms with Gasteiger partial charge in [0.1, 0.15) is 0 Å². The van der Waals surface area contributed by atoms with Crippen molar-refractivity contribution in [3.05, 3.63) is 59.7 Å². The van der Waals surface area contributed by atoms with Crippen molar-refractivity contribution in [1.29, 1.82) is 0 Å². The monoisotopic (exact) mass is 378 g/mol. The molecule has 2 aromatic rings. The molecule has 2 amide bonds. The summed E-state index contributed by atoms with van der Waals surface area (Å²) in [4.78, 5) is 38.4. The van der Waals surface area contributed by atoms with Crippen LogP contribution >= 0.6 is 0 Å². The van der Waals surface area contributed by atoms with Crippen LogP contribution in [0.3, 0.4) is 0 Å². The number of hydrogen-bond acceptors (Lipinski definition) is 3. The Morgan fingerprint density at radius 2 is 1.82 bits per heavy atom. The van der Waals surface area contributed by atoms with Gasteiger partial charge in [-0.05, 0) is 55.2 Å². The standard InChI is InChI=1S/C23H26N2O3/c1-4-15(2)20-7-5-6-8-21(20)25-14-18(13-22(25)27)23(28)24-19-11-9-17(10-12-19)16(3)26/h5-12,15,18H,4,13-14H2,1-3H3,(H,24,28)/t15-,18-/m0/s1. The van der Waals surface area contributed by atoms with Crippen molar-refractivity contribution in [2.45, 2.75) is 39.5 Å². The van der Waals surface area contributed by atoms with E-state index >= 15 is 0 Å². The molecule has 2 aromatic carbocycles. The highest BCUT2D eigenvalue weighted by molar-refractivity contribution is 6.04. The van der Waals surface area contributed by atoms with Crippen LogP contribution in [0.15, 0.2) is 48.5 Å². The molecule has 5 nitrogen and oxygen atoms in total. The average molecular weight is 378 g/mol. The van der Waals surface area contributed by atoms with E-state index in [2.05, 4.69) is 25.2 Å². The zero-order chi connectivity index (χ0) is 20.3. The maximum Gasteiger partial charge on any atom is 0.229 e. The number of ketones is 1. The Hall–Kier alpha value is -2.95. The highest BCUT2D eigenvalue weighted by Gasteiger charge is 2.36. The summed E-state index contributed by atoms with van der Waals surface area (Å²) in [7, 11) is 0. The number of carbonyl (C=O) groups excluding carboxylic acids is 3. The zero-order valence-corrected chi connectivity index (χ0v) is 16.6. The molecule has 1 saturated heterocycles. The number of anilines is 2. The number of nitrogens with one attached hydrogen (secondary N) is 1. The van der Waals surface area contributed by atoms with Gasteiger partial charge in [0.05, 0.1) is 5.92 Å². The third-order valence-electron chi connectivity index (χ3n) is 5.43. The van der Waals surface area contributed by atoms with Gasteiger partial charge in [0.15, 0.2) is 5.78 Å². The van der Waals surface area contributed by atoms with Crippen LogP contribution in [0.5, 0.6) is 0 Å². The summed E-state index contributed by atoms with van der Waals surface area (Å²) in [5.74, 6) is -0.271. The van der Waals surface area contributed by atoms with Gasteiger partial charge in [0, 0.05) is 29.9 Å². The van der Waals surface area contributed by atoms with Crippen LogP contribution in [0.1, 0.15) is 55.5 Å². The Morgan fingerprint density at radius 1 is 1.14 bits per heavy atom. The quantitative estimate of drug-likeness (QED) is 0.758. The lowest BCUT2D eigenvalue weighted by Crippen LogP contribution is -2.29. The third-order valence-corrected chi connectivity index (χ3v) is 5.43. The van der Waals surface area contributed by atoms with Gasteiger partial charge in [-0.3, -0.25) is 14.4 Å². The van der Waals surface area contributed by atoms with Crippen LogP contribution in [0, 0.1) is 5.92 Å². The summed E-state index contributed by atoms with van der Waals surface area (Å²) in [6.07, 6.45) is 1.19. The van der Waals surface area contributed by atoms with E-state index in [-0.39, 0.29) is 24.0 Å². The largest absolute Gasteiger partial charge is 0.326 e. The normalized spacial score (nSPS) is 17.5. The maximum absolute atomic E-state index is 12.7. The summed E-state index contributed by atoms with van der Waals surface area (Å²) in [5.41, 5.74) is 3.27. The molecule has 2 atom stereocenters. The van der Waals surface area contributed by atoms with E-state index in [1.54, 1.807) is 29.2 Å². The molecule has 5 heteroatoms. The Bertz CT molecular complexity index is 889. The van der Waals surface area contributed by atoms with Gasteiger partial charge >= 0.3 is 0 Å². The first kappa shape index (κ1) is 19.8. The lowest BCUT2D eigenvalue weighted by Gasteiger charge is -2.23. The second-order valence-electron chi connectivity index (χ2n) is 7.40. The van der Waals surface area contributed by atoms with Crippen molar-refractivity contribution in [2.75, 3.05) is 16.8 Å².